The third kappa shape index (κ3) is 10.3. The Hall–Kier alpha value is -5.46. The average molecular weight is 662 g/mol. The van der Waals surface area contributed by atoms with Crippen molar-refractivity contribution in [3.05, 3.63) is 95.3 Å². The lowest BCUT2D eigenvalue weighted by molar-refractivity contribution is -0.133. The number of hydrogen-bond donors (Lipinski definition) is 6. The zero-order valence-corrected chi connectivity index (χ0v) is 26.8. The molecule has 12 nitrogen and oxygen atoms in total. The Morgan fingerprint density at radius 3 is 2.31 bits per heavy atom. The molecule has 0 spiro atoms. The molecule has 254 valence electrons. The van der Waals surface area contributed by atoms with Gasteiger partial charge in [-0.1, -0.05) is 50.2 Å². The maximum absolute atomic E-state index is 13.6. The molecule has 0 aliphatic carbocycles. The lowest BCUT2D eigenvalue weighted by atomic mass is 10.0. The van der Waals surface area contributed by atoms with E-state index < -0.39 is 54.1 Å². The smallest absolute Gasteiger partial charge is 0.255 e. The van der Waals surface area contributed by atoms with Crippen LogP contribution in [0.5, 0.6) is 11.5 Å². The highest BCUT2D eigenvalue weighted by Crippen LogP contribution is 2.19. The first-order valence-corrected chi connectivity index (χ1v) is 15.7. The number of halogens is 1. The van der Waals surface area contributed by atoms with Crippen LogP contribution in [-0.4, -0.2) is 72.5 Å². The van der Waals surface area contributed by atoms with Gasteiger partial charge >= 0.3 is 0 Å². The Morgan fingerprint density at radius 2 is 1.60 bits per heavy atom. The third-order valence-electron chi connectivity index (χ3n) is 7.70. The molecule has 48 heavy (non-hydrogen) atoms. The molecule has 3 aromatic carbocycles. The van der Waals surface area contributed by atoms with Crippen molar-refractivity contribution in [2.75, 3.05) is 19.7 Å². The molecule has 1 aliphatic heterocycles. The summed E-state index contributed by atoms with van der Waals surface area (Å²) in [6, 6.07) is 14.8. The minimum Gasteiger partial charge on any atom is -0.508 e. The number of hydrogen-bond acceptors (Lipinski definition) is 7. The van der Waals surface area contributed by atoms with Gasteiger partial charge in [-0.3, -0.25) is 24.0 Å². The van der Waals surface area contributed by atoms with Crippen LogP contribution in [-0.2, 0) is 32.0 Å². The Labute approximate surface area is 277 Å². The number of phenols is 1. The van der Waals surface area contributed by atoms with E-state index in [9.17, 15) is 33.5 Å². The van der Waals surface area contributed by atoms with E-state index in [1.165, 1.54) is 30.3 Å². The predicted octanol–water partition coefficient (Wildman–Crippen LogP) is 1.76. The number of ether oxygens (including phenoxy) is 1. The van der Waals surface area contributed by atoms with E-state index in [0.717, 1.165) is 5.56 Å². The molecule has 6 N–H and O–H groups in total. The number of carbonyl (C=O) groups is 5. The van der Waals surface area contributed by atoms with Gasteiger partial charge in [0.1, 0.15) is 42.0 Å². The summed E-state index contributed by atoms with van der Waals surface area (Å²) in [5, 5.41) is 23.2. The van der Waals surface area contributed by atoms with Crippen molar-refractivity contribution in [3.8, 4) is 11.5 Å². The molecule has 4 rings (SSSR count). The van der Waals surface area contributed by atoms with Crippen LogP contribution in [0.1, 0.15) is 41.8 Å². The van der Waals surface area contributed by atoms with Crippen LogP contribution in [0.4, 0.5) is 4.39 Å². The van der Waals surface area contributed by atoms with Crippen molar-refractivity contribution in [2.45, 2.75) is 51.2 Å². The zero-order valence-electron chi connectivity index (χ0n) is 26.8. The fourth-order valence-electron chi connectivity index (χ4n) is 5.08. The number of rotatable bonds is 7. The van der Waals surface area contributed by atoms with Crippen molar-refractivity contribution in [3.63, 3.8) is 0 Å². The Kier molecular flexibility index (Phi) is 12.5. The van der Waals surface area contributed by atoms with Crippen LogP contribution >= 0.6 is 0 Å². The molecular weight excluding hydrogens is 621 g/mol. The second kappa shape index (κ2) is 16.9. The van der Waals surface area contributed by atoms with E-state index >= 15 is 0 Å². The summed E-state index contributed by atoms with van der Waals surface area (Å²) in [6.07, 6.45) is -0.148. The minimum absolute atomic E-state index is 0.00557. The maximum Gasteiger partial charge on any atom is 0.255 e. The molecule has 0 saturated carbocycles. The molecule has 0 radical (unpaired) electrons. The second-order valence-corrected chi connectivity index (χ2v) is 11.8. The molecular formula is C35H40FN5O7. The van der Waals surface area contributed by atoms with Crippen LogP contribution in [0, 0.1) is 11.7 Å². The van der Waals surface area contributed by atoms with Gasteiger partial charge in [0.05, 0.1) is 18.5 Å². The first-order chi connectivity index (χ1) is 23.0. The Bertz CT molecular complexity index is 1600. The van der Waals surface area contributed by atoms with Gasteiger partial charge in [-0.2, -0.15) is 0 Å². The number of fused-ring (bicyclic) bond motifs is 1. The van der Waals surface area contributed by atoms with Gasteiger partial charge in [0.2, 0.25) is 23.6 Å². The number of nitrogens with one attached hydrogen (secondary N) is 5. The fraction of sp³-hybridized carbons (Fsp3) is 0.343. The van der Waals surface area contributed by atoms with E-state index in [1.54, 1.807) is 56.3 Å². The van der Waals surface area contributed by atoms with Crippen LogP contribution in [0.25, 0.3) is 0 Å². The molecule has 13 heteroatoms. The Balaban J connectivity index is 1.61. The lowest BCUT2D eigenvalue weighted by Gasteiger charge is -2.26. The quantitative estimate of drug-likeness (QED) is 0.224. The van der Waals surface area contributed by atoms with E-state index in [-0.39, 0.29) is 54.9 Å². The lowest BCUT2D eigenvalue weighted by Crippen LogP contribution is -2.57. The summed E-state index contributed by atoms with van der Waals surface area (Å²) in [4.78, 5) is 67.1. The number of aromatic hydroxyl groups is 1. The zero-order chi connectivity index (χ0) is 34.6. The number of benzene rings is 3. The molecule has 0 unspecified atom stereocenters. The highest BCUT2D eigenvalue weighted by Gasteiger charge is 2.31. The summed E-state index contributed by atoms with van der Waals surface area (Å²) in [5.41, 5.74) is 1.50. The molecule has 3 atom stereocenters. The van der Waals surface area contributed by atoms with E-state index in [1.807, 2.05) is 0 Å². The van der Waals surface area contributed by atoms with Crippen molar-refractivity contribution >= 4 is 29.5 Å². The summed E-state index contributed by atoms with van der Waals surface area (Å²) in [5.74, 6) is -3.60. The summed E-state index contributed by atoms with van der Waals surface area (Å²) in [6.45, 7) is 3.75. The van der Waals surface area contributed by atoms with Gasteiger partial charge < -0.3 is 36.4 Å². The topological polar surface area (TPSA) is 175 Å². The minimum atomic E-state index is -1.35. The number of para-hydroxylation sites is 1. The number of phenolic OH excluding ortho intramolecular Hbond substituents is 1. The van der Waals surface area contributed by atoms with Gasteiger partial charge in [-0.25, -0.2) is 4.39 Å². The summed E-state index contributed by atoms with van der Waals surface area (Å²) in [7, 11) is 0. The van der Waals surface area contributed by atoms with E-state index in [2.05, 4.69) is 26.6 Å². The van der Waals surface area contributed by atoms with Crippen LogP contribution in [0.3, 0.4) is 0 Å². The third-order valence-corrected chi connectivity index (χ3v) is 7.70. The average Bonchev–Trinajstić information content (AvgIpc) is 3.06. The van der Waals surface area contributed by atoms with Crippen molar-refractivity contribution in [1.82, 2.24) is 26.6 Å². The van der Waals surface area contributed by atoms with Gasteiger partial charge in [-0.15, -0.1) is 0 Å². The second-order valence-electron chi connectivity index (χ2n) is 11.8. The highest BCUT2D eigenvalue weighted by atomic mass is 19.1. The number of amides is 5. The van der Waals surface area contributed by atoms with Crippen LogP contribution < -0.4 is 31.3 Å². The molecule has 3 aromatic rings. The molecule has 5 amide bonds. The molecule has 0 bridgehead atoms. The van der Waals surface area contributed by atoms with Crippen molar-refractivity contribution in [1.29, 1.82) is 0 Å². The molecule has 0 aromatic heterocycles. The maximum atomic E-state index is 13.6. The molecule has 0 saturated heterocycles. The van der Waals surface area contributed by atoms with Crippen LogP contribution in [0.15, 0.2) is 72.8 Å². The first kappa shape index (κ1) is 35.4. The monoisotopic (exact) mass is 661 g/mol. The van der Waals surface area contributed by atoms with Gasteiger partial charge in [0.25, 0.3) is 5.91 Å². The van der Waals surface area contributed by atoms with Gasteiger partial charge in [-0.05, 0) is 59.9 Å². The van der Waals surface area contributed by atoms with Crippen LogP contribution in [0.2, 0.25) is 0 Å². The molecule has 1 aliphatic rings. The standard InChI is InChI=1S/C35H40FN5O7/c1-21(2)31-35(47)38-17-18-48-29-6-4-3-5-26(29)32(44)40-28(33(45)37-16-15-22-7-11-24(36)12-8-22)20-30(43)39-27(34(46)41-31)19-23-9-13-25(42)14-10-23/h3-14,21,27-28,31,42H,15-20H2,1-2H3,(H,37,45)(H,38,47)(H,39,43)(H,40,44)(H,41,46)/t27-,28-,31+/m0/s1. The SMILES string of the molecule is CC(C)[C@H]1NC(=O)[C@H](Cc2ccc(O)cc2)NC(=O)C[C@@H](C(=O)NCCc2ccc(F)cc2)NC(=O)c2ccccc2OCCNC1=O. The molecule has 0 fully saturated rings. The van der Waals surface area contributed by atoms with Gasteiger partial charge in [0.15, 0.2) is 0 Å². The predicted molar refractivity (Wildman–Crippen MR) is 174 cm³/mol. The highest BCUT2D eigenvalue weighted by molar-refractivity contribution is 6.01. The Morgan fingerprint density at radius 1 is 0.917 bits per heavy atom. The van der Waals surface area contributed by atoms with Gasteiger partial charge in [0, 0.05) is 13.0 Å². The van der Waals surface area contributed by atoms with Crippen molar-refractivity contribution in [2.24, 2.45) is 5.92 Å². The van der Waals surface area contributed by atoms with E-state index in [4.69, 9.17) is 4.74 Å². The number of carbonyl (C=O) groups excluding carboxylic acids is 5. The first-order valence-electron chi connectivity index (χ1n) is 15.7. The molecule has 1 heterocycles. The van der Waals surface area contributed by atoms with Crippen molar-refractivity contribution < 1.29 is 38.2 Å². The largest absolute Gasteiger partial charge is 0.508 e. The van der Waals surface area contributed by atoms with E-state index in [0.29, 0.717) is 12.0 Å². The summed E-state index contributed by atoms with van der Waals surface area (Å²) >= 11 is 0. The summed E-state index contributed by atoms with van der Waals surface area (Å²) < 4.78 is 19.1. The normalized spacial score (nSPS) is 19.5. The fourth-order valence-corrected chi connectivity index (χ4v) is 5.08.